The maximum atomic E-state index is 10.7. The number of carbonyl (C=O) groups excluding carboxylic acids is 1. The van der Waals surface area contributed by atoms with E-state index >= 15 is 0 Å². The van der Waals surface area contributed by atoms with Crippen molar-refractivity contribution in [1.29, 1.82) is 0 Å². The molecular weight excluding hydrogens is 226 g/mol. The Balaban J connectivity index is 3.23. The van der Waals surface area contributed by atoms with Crippen molar-refractivity contribution < 1.29 is 4.79 Å². The van der Waals surface area contributed by atoms with Gasteiger partial charge in [-0.05, 0) is 34.1 Å². The SMILES string of the molecule is NC(=O)c1cc(S)ccc1Br. The number of hydrogen-bond acceptors (Lipinski definition) is 2. The molecule has 0 aliphatic heterocycles. The van der Waals surface area contributed by atoms with E-state index in [9.17, 15) is 4.79 Å². The number of primary amides is 1. The van der Waals surface area contributed by atoms with Crippen LogP contribution in [-0.4, -0.2) is 5.91 Å². The van der Waals surface area contributed by atoms with Crippen molar-refractivity contribution in [2.24, 2.45) is 5.73 Å². The van der Waals surface area contributed by atoms with Crippen molar-refractivity contribution in [3.63, 3.8) is 0 Å². The monoisotopic (exact) mass is 231 g/mol. The highest BCUT2D eigenvalue weighted by Crippen LogP contribution is 2.19. The lowest BCUT2D eigenvalue weighted by Crippen LogP contribution is -2.11. The van der Waals surface area contributed by atoms with Crippen molar-refractivity contribution in [1.82, 2.24) is 0 Å². The van der Waals surface area contributed by atoms with Crippen LogP contribution in [0, 0.1) is 0 Å². The molecule has 0 saturated heterocycles. The normalized spacial score (nSPS) is 9.64. The van der Waals surface area contributed by atoms with Crippen LogP contribution < -0.4 is 5.73 Å². The number of halogens is 1. The molecule has 0 unspecified atom stereocenters. The Morgan fingerprint density at radius 1 is 1.55 bits per heavy atom. The summed E-state index contributed by atoms with van der Waals surface area (Å²) in [5, 5.41) is 0. The summed E-state index contributed by atoms with van der Waals surface area (Å²) in [4.78, 5) is 11.5. The molecule has 0 spiro atoms. The molecule has 0 atom stereocenters. The lowest BCUT2D eigenvalue weighted by atomic mass is 10.2. The fraction of sp³-hybridized carbons (Fsp3) is 0. The third-order valence-corrected chi connectivity index (χ3v) is 2.19. The molecule has 2 N–H and O–H groups in total. The van der Waals surface area contributed by atoms with Gasteiger partial charge in [0.1, 0.15) is 0 Å². The summed E-state index contributed by atoms with van der Waals surface area (Å²) in [6.45, 7) is 0. The smallest absolute Gasteiger partial charge is 0.249 e. The van der Waals surface area contributed by atoms with Gasteiger partial charge < -0.3 is 5.73 Å². The third kappa shape index (κ3) is 1.97. The minimum absolute atomic E-state index is 0.451. The minimum Gasteiger partial charge on any atom is -0.366 e. The van der Waals surface area contributed by atoms with Crippen LogP contribution in [0.4, 0.5) is 0 Å². The Hall–Kier alpha value is -0.480. The molecule has 0 heterocycles. The van der Waals surface area contributed by atoms with Gasteiger partial charge in [-0.25, -0.2) is 0 Å². The van der Waals surface area contributed by atoms with Gasteiger partial charge in [0.25, 0.3) is 0 Å². The van der Waals surface area contributed by atoms with Gasteiger partial charge in [-0.1, -0.05) is 0 Å². The van der Waals surface area contributed by atoms with Crippen molar-refractivity contribution in [2.75, 3.05) is 0 Å². The maximum absolute atomic E-state index is 10.7. The Labute approximate surface area is 78.3 Å². The van der Waals surface area contributed by atoms with Gasteiger partial charge in [-0.3, -0.25) is 4.79 Å². The van der Waals surface area contributed by atoms with E-state index in [1.807, 2.05) is 0 Å². The van der Waals surface area contributed by atoms with E-state index in [4.69, 9.17) is 5.73 Å². The number of thiol groups is 1. The average Bonchev–Trinajstić information content (AvgIpc) is 1.94. The second-order valence-electron chi connectivity index (χ2n) is 2.03. The standard InChI is InChI=1S/C7H6BrNOS/c8-6-2-1-4(11)3-5(6)7(9)10/h1-3,11H,(H2,9,10). The molecule has 0 bridgehead atoms. The molecule has 1 aromatic carbocycles. The highest BCUT2D eigenvalue weighted by molar-refractivity contribution is 9.10. The van der Waals surface area contributed by atoms with Crippen molar-refractivity contribution in [3.05, 3.63) is 28.2 Å². The molecular formula is C7H6BrNOS. The largest absolute Gasteiger partial charge is 0.366 e. The molecule has 0 aromatic heterocycles. The molecule has 1 aromatic rings. The molecule has 0 saturated carbocycles. The molecule has 4 heteroatoms. The fourth-order valence-corrected chi connectivity index (χ4v) is 1.35. The number of carbonyl (C=O) groups is 1. The first-order valence-corrected chi connectivity index (χ1v) is 4.13. The molecule has 0 fully saturated rings. The zero-order valence-electron chi connectivity index (χ0n) is 5.54. The second-order valence-corrected chi connectivity index (χ2v) is 3.40. The second kappa shape index (κ2) is 3.28. The molecule has 1 amide bonds. The van der Waals surface area contributed by atoms with Crippen LogP contribution in [0.15, 0.2) is 27.6 Å². The van der Waals surface area contributed by atoms with Crippen LogP contribution in [-0.2, 0) is 0 Å². The minimum atomic E-state index is -0.451. The van der Waals surface area contributed by atoms with E-state index in [0.717, 1.165) is 4.90 Å². The summed E-state index contributed by atoms with van der Waals surface area (Å²) in [5.74, 6) is -0.451. The van der Waals surface area contributed by atoms with Gasteiger partial charge in [0, 0.05) is 9.37 Å². The van der Waals surface area contributed by atoms with E-state index in [-0.39, 0.29) is 0 Å². The summed E-state index contributed by atoms with van der Waals surface area (Å²) in [6.07, 6.45) is 0. The summed E-state index contributed by atoms with van der Waals surface area (Å²) in [5.41, 5.74) is 5.54. The number of benzene rings is 1. The highest BCUT2D eigenvalue weighted by atomic mass is 79.9. The van der Waals surface area contributed by atoms with Crippen LogP contribution in [0.25, 0.3) is 0 Å². The van der Waals surface area contributed by atoms with E-state index in [1.165, 1.54) is 0 Å². The van der Waals surface area contributed by atoms with Gasteiger partial charge in [-0.2, -0.15) is 0 Å². The van der Waals surface area contributed by atoms with Crippen LogP contribution in [0.5, 0.6) is 0 Å². The summed E-state index contributed by atoms with van der Waals surface area (Å²) >= 11 is 7.26. The maximum Gasteiger partial charge on any atom is 0.249 e. The van der Waals surface area contributed by atoms with Gasteiger partial charge in [-0.15, -0.1) is 12.6 Å². The van der Waals surface area contributed by atoms with Gasteiger partial charge in [0.05, 0.1) is 5.56 Å². The first kappa shape index (κ1) is 8.62. The Kier molecular flexibility index (Phi) is 2.57. The quantitative estimate of drug-likeness (QED) is 0.713. The van der Waals surface area contributed by atoms with Crippen molar-refractivity contribution in [3.8, 4) is 0 Å². The van der Waals surface area contributed by atoms with Crippen LogP contribution in [0.2, 0.25) is 0 Å². The summed E-state index contributed by atoms with van der Waals surface area (Å²) < 4.78 is 0.697. The van der Waals surface area contributed by atoms with E-state index in [0.29, 0.717) is 10.0 Å². The van der Waals surface area contributed by atoms with Crippen LogP contribution in [0.3, 0.4) is 0 Å². The van der Waals surface area contributed by atoms with E-state index in [1.54, 1.807) is 18.2 Å². The first-order valence-electron chi connectivity index (χ1n) is 2.89. The fourth-order valence-electron chi connectivity index (χ4n) is 0.702. The van der Waals surface area contributed by atoms with Crippen LogP contribution in [0.1, 0.15) is 10.4 Å². The number of amides is 1. The number of hydrogen-bond donors (Lipinski definition) is 2. The molecule has 58 valence electrons. The topological polar surface area (TPSA) is 43.1 Å². The number of nitrogens with two attached hydrogens (primary N) is 1. The lowest BCUT2D eigenvalue weighted by Gasteiger charge is -1.99. The van der Waals surface area contributed by atoms with Crippen molar-refractivity contribution in [2.45, 2.75) is 4.90 Å². The van der Waals surface area contributed by atoms with Gasteiger partial charge in [0.2, 0.25) is 5.91 Å². The molecule has 0 aliphatic carbocycles. The Morgan fingerprint density at radius 3 is 2.64 bits per heavy atom. The lowest BCUT2D eigenvalue weighted by molar-refractivity contribution is 0.0999. The van der Waals surface area contributed by atoms with Crippen LogP contribution >= 0.6 is 28.6 Å². The predicted octanol–water partition coefficient (Wildman–Crippen LogP) is 1.84. The highest BCUT2D eigenvalue weighted by Gasteiger charge is 2.04. The van der Waals surface area contributed by atoms with E-state index in [2.05, 4.69) is 28.6 Å². The predicted molar refractivity (Wildman–Crippen MR) is 49.9 cm³/mol. The summed E-state index contributed by atoms with van der Waals surface area (Å²) in [7, 11) is 0. The summed E-state index contributed by atoms with van der Waals surface area (Å²) in [6, 6.07) is 5.14. The average molecular weight is 232 g/mol. The van der Waals surface area contributed by atoms with E-state index < -0.39 is 5.91 Å². The number of rotatable bonds is 1. The third-order valence-electron chi connectivity index (χ3n) is 1.22. The molecule has 2 nitrogen and oxygen atoms in total. The first-order chi connectivity index (χ1) is 5.11. The zero-order valence-corrected chi connectivity index (χ0v) is 8.02. The zero-order chi connectivity index (χ0) is 8.43. The molecule has 0 radical (unpaired) electrons. The van der Waals surface area contributed by atoms with Gasteiger partial charge in [0.15, 0.2) is 0 Å². The molecule has 11 heavy (non-hydrogen) atoms. The molecule has 0 aliphatic rings. The molecule has 1 rings (SSSR count). The van der Waals surface area contributed by atoms with Gasteiger partial charge >= 0.3 is 0 Å². The van der Waals surface area contributed by atoms with Crippen molar-refractivity contribution >= 4 is 34.5 Å². The Morgan fingerprint density at radius 2 is 2.18 bits per heavy atom. The Bertz CT molecular complexity index is 300.